The Bertz CT molecular complexity index is 731. The average molecular weight is 394 g/mol. The molecule has 1 aromatic rings. The van der Waals surface area contributed by atoms with E-state index in [0.717, 1.165) is 41.6 Å². The zero-order valence-electron chi connectivity index (χ0n) is 14.3. The van der Waals surface area contributed by atoms with E-state index in [4.69, 9.17) is 4.74 Å². The van der Waals surface area contributed by atoms with Crippen LogP contribution in [-0.2, 0) is 25.7 Å². The molecule has 1 atom stereocenters. The lowest BCUT2D eigenvalue weighted by Gasteiger charge is -2.23. The van der Waals surface area contributed by atoms with Gasteiger partial charge in [0.2, 0.25) is 15.9 Å². The smallest absolute Gasteiger partial charge is 0.376 e. The van der Waals surface area contributed by atoms with E-state index in [0.29, 0.717) is 13.2 Å². The molecular weight excluding hydrogens is 373 g/mol. The monoisotopic (exact) mass is 394 g/mol. The van der Waals surface area contributed by atoms with Crippen molar-refractivity contribution in [3.63, 3.8) is 0 Å². The van der Waals surface area contributed by atoms with Crippen LogP contribution >= 0.6 is 0 Å². The van der Waals surface area contributed by atoms with Crippen molar-refractivity contribution in [1.29, 1.82) is 0 Å². The molecule has 1 N–H and O–H groups in total. The van der Waals surface area contributed by atoms with E-state index >= 15 is 0 Å². The third-order valence-electron chi connectivity index (χ3n) is 3.95. The number of alkyl halides is 3. The lowest BCUT2D eigenvalue weighted by molar-refractivity contribution is -0.137. The molecule has 1 aliphatic heterocycles. The van der Waals surface area contributed by atoms with E-state index < -0.39 is 21.8 Å². The Kier molecular flexibility index (Phi) is 6.51. The van der Waals surface area contributed by atoms with Crippen molar-refractivity contribution in [3.8, 4) is 0 Å². The Labute approximate surface area is 150 Å². The largest absolute Gasteiger partial charge is 0.416 e. The Morgan fingerprint density at radius 1 is 1.38 bits per heavy atom. The first-order valence-corrected chi connectivity index (χ1v) is 9.95. The number of rotatable bonds is 7. The Balaban J connectivity index is 2.03. The summed E-state index contributed by atoms with van der Waals surface area (Å²) in [6, 6.07) is 4.01. The fraction of sp³-hybridized carbons (Fsp3) is 0.562. The molecule has 6 nitrogen and oxygen atoms in total. The predicted octanol–water partition coefficient (Wildman–Crippen LogP) is 2.16. The third-order valence-corrected chi connectivity index (χ3v) is 5.15. The van der Waals surface area contributed by atoms with Gasteiger partial charge < -0.3 is 10.1 Å². The Hall–Kier alpha value is -1.81. The van der Waals surface area contributed by atoms with Crippen LogP contribution in [0, 0.1) is 0 Å². The number of nitrogens with one attached hydrogen (secondary N) is 1. The Morgan fingerprint density at radius 2 is 2.12 bits per heavy atom. The van der Waals surface area contributed by atoms with Gasteiger partial charge >= 0.3 is 6.18 Å². The summed E-state index contributed by atoms with van der Waals surface area (Å²) in [4.78, 5) is 11.9. The summed E-state index contributed by atoms with van der Waals surface area (Å²) >= 11 is 0. The maximum Gasteiger partial charge on any atom is 0.416 e. The summed E-state index contributed by atoms with van der Waals surface area (Å²) in [5.74, 6) is -0.388. The van der Waals surface area contributed by atoms with Crippen LogP contribution in [0.1, 0.15) is 24.8 Å². The molecule has 0 bridgehead atoms. The van der Waals surface area contributed by atoms with Gasteiger partial charge in [-0.2, -0.15) is 13.2 Å². The average Bonchev–Trinajstić information content (AvgIpc) is 3.05. The number of benzene rings is 1. The van der Waals surface area contributed by atoms with Crippen LogP contribution in [0.3, 0.4) is 0 Å². The maximum atomic E-state index is 12.8. The number of sulfonamides is 1. The molecule has 0 aliphatic carbocycles. The SMILES string of the molecule is CS(=O)(=O)N(CCC(=O)NCC1CCCO1)c1cccc(C(F)(F)F)c1. The number of ether oxygens (including phenoxy) is 1. The first-order valence-electron chi connectivity index (χ1n) is 8.10. The molecule has 1 fully saturated rings. The highest BCUT2D eigenvalue weighted by Crippen LogP contribution is 2.32. The van der Waals surface area contributed by atoms with Gasteiger partial charge in [-0.25, -0.2) is 8.42 Å². The molecule has 0 spiro atoms. The number of hydrogen-bond acceptors (Lipinski definition) is 4. The molecule has 0 aromatic heterocycles. The van der Waals surface area contributed by atoms with Gasteiger partial charge in [-0.3, -0.25) is 9.10 Å². The third kappa shape index (κ3) is 5.87. The summed E-state index contributed by atoms with van der Waals surface area (Å²) in [5, 5.41) is 2.65. The Morgan fingerprint density at radius 3 is 2.69 bits per heavy atom. The highest BCUT2D eigenvalue weighted by molar-refractivity contribution is 7.92. The van der Waals surface area contributed by atoms with Gasteiger partial charge in [0.1, 0.15) is 0 Å². The van der Waals surface area contributed by atoms with Crippen molar-refractivity contribution in [3.05, 3.63) is 29.8 Å². The van der Waals surface area contributed by atoms with Crippen molar-refractivity contribution in [2.45, 2.75) is 31.5 Å². The molecule has 2 rings (SSSR count). The lowest BCUT2D eigenvalue weighted by atomic mass is 10.2. The highest BCUT2D eigenvalue weighted by atomic mass is 32.2. The molecule has 1 aromatic carbocycles. The van der Waals surface area contributed by atoms with Gasteiger partial charge in [0.05, 0.1) is 23.6 Å². The quantitative estimate of drug-likeness (QED) is 0.769. The fourth-order valence-corrected chi connectivity index (χ4v) is 3.57. The predicted molar refractivity (Wildman–Crippen MR) is 90.2 cm³/mol. The van der Waals surface area contributed by atoms with Crippen LogP contribution in [0.5, 0.6) is 0 Å². The maximum absolute atomic E-state index is 12.8. The van der Waals surface area contributed by atoms with Crippen molar-refractivity contribution < 1.29 is 31.1 Å². The fourth-order valence-electron chi connectivity index (χ4n) is 2.65. The second-order valence-corrected chi connectivity index (χ2v) is 7.98. The molecule has 1 heterocycles. The first-order chi connectivity index (χ1) is 12.1. The summed E-state index contributed by atoms with van der Waals surface area (Å²) in [5.41, 5.74) is -1.08. The minimum absolute atomic E-state index is 0.0478. The molecule has 0 radical (unpaired) electrons. The molecule has 1 amide bonds. The van der Waals surface area contributed by atoms with Crippen LogP contribution in [0.15, 0.2) is 24.3 Å². The first kappa shape index (κ1) is 20.5. The molecule has 26 heavy (non-hydrogen) atoms. The van der Waals surface area contributed by atoms with Crippen LogP contribution in [0.2, 0.25) is 0 Å². The number of amides is 1. The van der Waals surface area contributed by atoms with Crippen molar-refractivity contribution in [2.75, 3.05) is 30.3 Å². The number of carbonyl (C=O) groups excluding carboxylic acids is 1. The topological polar surface area (TPSA) is 75.7 Å². The van der Waals surface area contributed by atoms with Crippen LogP contribution < -0.4 is 9.62 Å². The van der Waals surface area contributed by atoms with E-state index in [1.54, 1.807) is 0 Å². The van der Waals surface area contributed by atoms with Gasteiger partial charge in [0, 0.05) is 26.1 Å². The van der Waals surface area contributed by atoms with Crippen molar-refractivity contribution >= 4 is 21.6 Å². The second-order valence-electron chi connectivity index (χ2n) is 6.07. The number of anilines is 1. The zero-order chi connectivity index (χ0) is 19.4. The molecule has 1 saturated heterocycles. The number of carbonyl (C=O) groups is 1. The number of halogens is 3. The molecule has 1 aliphatic rings. The number of hydrogen-bond donors (Lipinski definition) is 1. The van der Waals surface area contributed by atoms with Gasteiger partial charge in [-0.05, 0) is 31.0 Å². The van der Waals surface area contributed by atoms with Crippen molar-refractivity contribution in [2.24, 2.45) is 0 Å². The number of nitrogens with zero attached hydrogens (tertiary/aromatic N) is 1. The van der Waals surface area contributed by atoms with Gasteiger partial charge in [0.25, 0.3) is 0 Å². The molecular formula is C16H21F3N2O4S. The summed E-state index contributed by atoms with van der Waals surface area (Å²) in [6.45, 7) is 0.733. The van der Waals surface area contributed by atoms with E-state index in [-0.39, 0.29) is 30.7 Å². The van der Waals surface area contributed by atoms with Gasteiger partial charge in [0.15, 0.2) is 0 Å². The molecule has 146 valence electrons. The zero-order valence-corrected chi connectivity index (χ0v) is 15.1. The van der Waals surface area contributed by atoms with Crippen LogP contribution in [0.25, 0.3) is 0 Å². The molecule has 0 saturated carbocycles. The van der Waals surface area contributed by atoms with Crippen LogP contribution in [-0.4, -0.2) is 46.4 Å². The van der Waals surface area contributed by atoms with E-state index in [2.05, 4.69) is 5.32 Å². The van der Waals surface area contributed by atoms with Gasteiger partial charge in [-0.15, -0.1) is 0 Å². The summed E-state index contributed by atoms with van der Waals surface area (Å²) in [7, 11) is -3.85. The lowest BCUT2D eigenvalue weighted by Crippen LogP contribution is -2.37. The second kappa shape index (κ2) is 8.26. The van der Waals surface area contributed by atoms with Crippen molar-refractivity contribution in [1.82, 2.24) is 5.32 Å². The van der Waals surface area contributed by atoms with Crippen LogP contribution in [0.4, 0.5) is 18.9 Å². The van der Waals surface area contributed by atoms with E-state index in [1.165, 1.54) is 6.07 Å². The van der Waals surface area contributed by atoms with E-state index in [1.807, 2.05) is 0 Å². The minimum atomic E-state index is -4.59. The highest BCUT2D eigenvalue weighted by Gasteiger charge is 2.31. The summed E-state index contributed by atoms with van der Waals surface area (Å²) in [6.07, 6.45) is -2.14. The normalized spacial score (nSPS) is 17.9. The minimum Gasteiger partial charge on any atom is -0.376 e. The summed E-state index contributed by atoms with van der Waals surface area (Å²) < 4.78 is 68.6. The molecule has 1 unspecified atom stereocenters. The molecule has 10 heteroatoms. The standard InChI is InChI=1S/C16H21F3N2O4S/c1-26(23,24)21(13-5-2-4-12(10-13)16(17,18)19)8-7-15(22)20-11-14-6-3-9-25-14/h2,4-5,10,14H,3,6-9,11H2,1H3,(H,20,22). The van der Waals surface area contributed by atoms with Gasteiger partial charge in [-0.1, -0.05) is 6.07 Å². The van der Waals surface area contributed by atoms with E-state index in [9.17, 15) is 26.4 Å².